The third-order valence-electron chi connectivity index (χ3n) is 3.93. The molecule has 1 aromatic carbocycles. The van der Waals surface area contributed by atoms with Gasteiger partial charge in [-0.2, -0.15) is 4.31 Å². The average Bonchev–Trinajstić information content (AvgIpc) is 2.48. The van der Waals surface area contributed by atoms with Crippen LogP contribution in [-0.2, 0) is 16.4 Å². The fraction of sp³-hybridized carbons (Fsp3) is 0.600. The summed E-state index contributed by atoms with van der Waals surface area (Å²) in [5, 5.41) is 3.39. The smallest absolute Gasteiger partial charge is 0.242 e. The Hall–Kier alpha value is -0.910. The number of nitrogens with zero attached hydrogens (tertiary/aromatic N) is 1. The quantitative estimate of drug-likeness (QED) is 0.904. The lowest BCUT2D eigenvalue weighted by atomic mass is 10.1. The van der Waals surface area contributed by atoms with Crippen LogP contribution in [0.2, 0.25) is 0 Å². The second kappa shape index (κ2) is 6.70. The highest BCUT2D eigenvalue weighted by molar-refractivity contribution is 7.89. The predicted octanol–water partition coefficient (Wildman–Crippen LogP) is 2.01. The lowest BCUT2D eigenvalue weighted by Gasteiger charge is -2.27. The zero-order chi connectivity index (χ0) is 14.6. The first kappa shape index (κ1) is 15.5. The number of piperidine rings is 1. The fourth-order valence-corrected chi connectivity index (χ4v) is 3.78. The number of hydrogen-bond donors (Lipinski definition) is 1. The molecule has 0 radical (unpaired) electrons. The van der Waals surface area contributed by atoms with Crippen LogP contribution in [0.25, 0.3) is 0 Å². The Labute approximate surface area is 122 Å². The van der Waals surface area contributed by atoms with Gasteiger partial charge in [-0.1, -0.05) is 25.5 Å². The minimum atomic E-state index is -3.37. The van der Waals surface area contributed by atoms with Crippen molar-refractivity contribution in [3.63, 3.8) is 0 Å². The van der Waals surface area contributed by atoms with Crippen LogP contribution in [0.15, 0.2) is 29.2 Å². The SMILES string of the molecule is CCc1ccc(S(=O)(=O)N(C)CC2CCCCN2)cc1. The van der Waals surface area contributed by atoms with E-state index in [2.05, 4.69) is 12.2 Å². The Morgan fingerprint density at radius 2 is 1.95 bits per heavy atom. The van der Waals surface area contributed by atoms with Crippen LogP contribution in [0.3, 0.4) is 0 Å². The second-order valence-electron chi connectivity index (χ2n) is 5.43. The van der Waals surface area contributed by atoms with Gasteiger partial charge in [0.15, 0.2) is 0 Å². The average molecular weight is 296 g/mol. The molecule has 1 aliphatic rings. The van der Waals surface area contributed by atoms with Crippen LogP contribution < -0.4 is 5.32 Å². The van der Waals surface area contributed by atoms with E-state index in [1.165, 1.54) is 17.1 Å². The predicted molar refractivity (Wildman–Crippen MR) is 81.3 cm³/mol. The molecule has 1 fully saturated rings. The standard InChI is InChI=1S/C15H24N2O2S/c1-3-13-7-9-15(10-8-13)20(18,19)17(2)12-14-6-4-5-11-16-14/h7-10,14,16H,3-6,11-12H2,1-2H3. The lowest BCUT2D eigenvalue weighted by Crippen LogP contribution is -2.44. The maximum atomic E-state index is 12.5. The molecule has 0 amide bonds. The summed E-state index contributed by atoms with van der Waals surface area (Å²) in [5.41, 5.74) is 1.15. The van der Waals surface area contributed by atoms with Crippen LogP contribution in [0.5, 0.6) is 0 Å². The van der Waals surface area contributed by atoms with Crippen LogP contribution in [0.4, 0.5) is 0 Å². The van der Waals surface area contributed by atoms with E-state index >= 15 is 0 Å². The number of sulfonamides is 1. The van der Waals surface area contributed by atoms with Gasteiger partial charge < -0.3 is 5.32 Å². The number of nitrogens with one attached hydrogen (secondary N) is 1. The molecule has 0 bridgehead atoms. The topological polar surface area (TPSA) is 49.4 Å². The molecule has 1 aromatic rings. The molecular weight excluding hydrogens is 272 g/mol. The molecule has 1 saturated heterocycles. The van der Waals surface area contributed by atoms with E-state index in [9.17, 15) is 8.42 Å². The molecule has 0 spiro atoms. The highest BCUT2D eigenvalue weighted by atomic mass is 32.2. The summed E-state index contributed by atoms with van der Waals surface area (Å²) in [6, 6.07) is 7.47. The van der Waals surface area contributed by atoms with Gasteiger partial charge in [0.1, 0.15) is 0 Å². The number of aryl methyl sites for hydroxylation is 1. The molecule has 1 N–H and O–H groups in total. The molecule has 1 heterocycles. The maximum Gasteiger partial charge on any atom is 0.242 e. The zero-order valence-corrected chi connectivity index (χ0v) is 13.1. The molecule has 0 aliphatic carbocycles. The van der Waals surface area contributed by atoms with Gasteiger partial charge in [-0.05, 0) is 43.5 Å². The van der Waals surface area contributed by atoms with Crippen LogP contribution >= 0.6 is 0 Å². The Morgan fingerprint density at radius 1 is 1.25 bits per heavy atom. The van der Waals surface area contributed by atoms with E-state index in [4.69, 9.17) is 0 Å². The van der Waals surface area contributed by atoms with Crippen molar-refractivity contribution in [2.45, 2.75) is 43.5 Å². The van der Waals surface area contributed by atoms with E-state index in [1.54, 1.807) is 19.2 Å². The first-order chi connectivity index (χ1) is 9.54. The van der Waals surface area contributed by atoms with Gasteiger partial charge in [-0.15, -0.1) is 0 Å². The summed E-state index contributed by atoms with van der Waals surface area (Å²) in [4.78, 5) is 0.382. The van der Waals surface area contributed by atoms with Gasteiger partial charge in [-0.25, -0.2) is 8.42 Å². The monoisotopic (exact) mass is 296 g/mol. The van der Waals surface area contributed by atoms with Crippen LogP contribution in [0, 0.1) is 0 Å². The van der Waals surface area contributed by atoms with Crippen LogP contribution in [-0.4, -0.2) is 38.9 Å². The van der Waals surface area contributed by atoms with Crippen molar-refractivity contribution in [2.75, 3.05) is 20.1 Å². The van der Waals surface area contributed by atoms with E-state index in [-0.39, 0.29) is 6.04 Å². The molecule has 20 heavy (non-hydrogen) atoms. The highest BCUT2D eigenvalue weighted by Gasteiger charge is 2.24. The molecule has 112 valence electrons. The molecule has 0 aromatic heterocycles. The van der Waals surface area contributed by atoms with Crippen molar-refractivity contribution in [3.05, 3.63) is 29.8 Å². The molecule has 1 atom stereocenters. The van der Waals surface area contributed by atoms with Gasteiger partial charge in [0.2, 0.25) is 10.0 Å². The first-order valence-electron chi connectivity index (χ1n) is 7.32. The number of rotatable bonds is 5. The largest absolute Gasteiger partial charge is 0.313 e. The molecule has 2 rings (SSSR count). The van der Waals surface area contributed by atoms with E-state index in [1.807, 2.05) is 12.1 Å². The second-order valence-corrected chi connectivity index (χ2v) is 7.47. The van der Waals surface area contributed by atoms with Gasteiger partial charge in [0.25, 0.3) is 0 Å². The minimum Gasteiger partial charge on any atom is -0.313 e. The van der Waals surface area contributed by atoms with Crippen molar-refractivity contribution >= 4 is 10.0 Å². The Kier molecular flexibility index (Phi) is 5.18. The summed E-state index contributed by atoms with van der Waals surface area (Å²) in [5.74, 6) is 0. The molecule has 0 saturated carbocycles. The van der Waals surface area contributed by atoms with E-state index in [0.29, 0.717) is 11.4 Å². The Bertz CT molecular complexity index is 519. The van der Waals surface area contributed by atoms with Crippen molar-refractivity contribution in [1.29, 1.82) is 0 Å². The minimum absolute atomic E-state index is 0.276. The molecule has 1 aliphatic heterocycles. The van der Waals surface area contributed by atoms with Gasteiger partial charge in [-0.3, -0.25) is 0 Å². The zero-order valence-electron chi connectivity index (χ0n) is 12.3. The van der Waals surface area contributed by atoms with Crippen molar-refractivity contribution in [2.24, 2.45) is 0 Å². The normalized spacial score (nSPS) is 20.2. The van der Waals surface area contributed by atoms with Gasteiger partial charge in [0.05, 0.1) is 4.90 Å². The molecular formula is C15H24N2O2S. The van der Waals surface area contributed by atoms with E-state index < -0.39 is 10.0 Å². The molecule has 4 nitrogen and oxygen atoms in total. The van der Waals surface area contributed by atoms with Crippen molar-refractivity contribution in [1.82, 2.24) is 9.62 Å². The van der Waals surface area contributed by atoms with Crippen LogP contribution in [0.1, 0.15) is 31.7 Å². The highest BCUT2D eigenvalue weighted by Crippen LogP contribution is 2.17. The van der Waals surface area contributed by atoms with Crippen molar-refractivity contribution in [3.8, 4) is 0 Å². The number of likely N-dealkylation sites (N-methyl/N-ethyl adjacent to an activating group) is 1. The first-order valence-corrected chi connectivity index (χ1v) is 8.76. The third kappa shape index (κ3) is 3.59. The lowest BCUT2D eigenvalue weighted by molar-refractivity contribution is 0.337. The Morgan fingerprint density at radius 3 is 2.50 bits per heavy atom. The van der Waals surface area contributed by atoms with Gasteiger partial charge in [0, 0.05) is 19.6 Å². The summed E-state index contributed by atoms with van der Waals surface area (Å²) < 4.78 is 26.5. The summed E-state index contributed by atoms with van der Waals surface area (Å²) in [7, 11) is -1.70. The number of benzene rings is 1. The van der Waals surface area contributed by atoms with Gasteiger partial charge >= 0.3 is 0 Å². The number of hydrogen-bond acceptors (Lipinski definition) is 3. The molecule has 1 unspecified atom stereocenters. The summed E-state index contributed by atoms with van der Waals surface area (Å²) in [6.07, 6.45) is 4.33. The fourth-order valence-electron chi connectivity index (χ4n) is 2.57. The summed E-state index contributed by atoms with van der Waals surface area (Å²) >= 11 is 0. The molecule has 5 heteroatoms. The van der Waals surface area contributed by atoms with E-state index in [0.717, 1.165) is 24.9 Å². The summed E-state index contributed by atoms with van der Waals surface area (Å²) in [6.45, 7) is 3.59. The van der Waals surface area contributed by atoms with Crippen molar-refractivity contribution < 1.29 is 8.42 Å². The third-order valence-corrected chi connectivity index (χ3v) is 5.77. The maximum absolute atomic E-state index is 12.5. The Balaban J connectivity index is 2.07.